The Morgan fingerprint density at radius 2 is 1.92 bits per heavy atom. The molecule has 2 aliphatic rings. The molecule has 0 saturated carbocycles. The van der Waals surface area contributed by atoms with Crippen LogP contribution in [0.4, 0.5) is 0 Å². The molecule has 2 fully saturated rings. The lowest BCUT2D eigenvalue weighted by atomic mass is 9.89. The van der Waals surface area contributed by atoms with Gasteiger partial charge in [0.1, 0.15) is 12.3 Å². The fraction of sp³-hybridized carbons (Fsp3) is 0.833. The Labute approximate surface area is 154 Å². The fourth-order valence-corrected chi connectivity index (χ4v) is 3.86. The first-order valence-electron chi connectivity index (χ1n) is 9.81. The number of nitrogens with zero attached hydrogens (tertiary/aromatic N) is 6. The van der Waals surface area contributed by atoms with E-state index in [0.717, 1.165) is 31.8 Å². The molecule has 0 N–H and O–H groups in total. The Morgan fingerprint density at radius 1 is 1.15 bits per heavy atom. The molecule has 1 amide bonds. The molecular weight excluding hydrogens is 332 g/mol. The molecule has 0 radical (unpaired) electrons. The van der Waals surface area contributed by atoms with Crippen LogP contribution in [0.1, 0.15) is 51.8 Å². The Morgan fingerprint density at radius 3 is 2.65 bits per heavy atom. The van der Waals surface area contributed by atoms with Gasteiger partial charge in [-0.1, -0.05) is 13.8 Å². The molecule has 1 atom stereocenters. The van der Waals surface area contributed by atoms with Gasteiger partial charge in [-0.15, -0.1) is 5.10 Å². The van der Waals surface area contributed by atoms with Gasteiger partial charge < -0.3 is 4.90 Å². The van der Waals surface area contributed by atoms with Crippen LogP contribution in [-0.2, 0) is 22.7 Å². The predicted molar refractivity (Wildman–Crippen MR) is 96.1 cm³/mol. The second kappa shape index (κ2) is 8.70. The van der Waals surface area contributed by atoms with E-state index in [9.17, 15) is 9.59 Å². The number of carbonyl (C=O) groups excluding carboxylic acids is 2. The number of likely N-dealkylation sites (tertiary alicyclic amines) is 2. The summed E-state index contributed by atoms with van der Waals surface area (Å²) >= 11 is 0. The Bertz CT molecular complexity index is 623. The van der Waals surface area contributed by atoms with E-state index in [0.29, 0.717) is 32.0 Å². The monoisotopic (exact) mass is 362 g/mol. The molecule has 26 heavy (non-hydrogen) atoms. The van der Waals surface area contributed by atoms with Crippen molar-refractivity contribution in [3.05, 3.63) is 5.82 Å². The van der Waals surface area contributed by atoms with E-state index >= 15 is 0 Å². The molecular formula is C18H30N6O2. The summed E-state index contributed by atoms with van der Waals surface area (Å²) in [6.45, 7) is 8.34. The summed E-state index contributed by atoms with van der Waals surface area (Å²) in [5.74, 6) is 1.37. The van der Waals surface area contributed by atoms with E-state index in [1.54, 1.807) is 4.68 Å². The highest BCUT2D eigenvalue weighted by Crippen LogP contribution is 2.21. The zero-order valence-electron chi connectivity index (χ0n) is 15.9. The highest BCUT2D eigenvalue weighted by atomic mass is 16.2. The van der Waals surface area contributed by atoms with E-state index in [1.807, 2.05) is 4.90 Å². The summed E-state index contributed by atoms with van der Waals surface area (Å²) < 4.78 is 1.61. The van der Waals surface area contributed by atoms with Gasteiger partial charge in [0.2, 0.25) is 5.91 Å². The second-order valence-corrected chi connectivity index (χ2v) is 7.98. The van der Waals surface area contributed by atoms with Gasteiger partial charge in [-0.25, -0.2) is 4.68 Å². The van der Waals surface area contributed by atoms with Crippen molar-refractivity contribution in [3.63, 3.8) is 0 Å². The predicted octanol–water partition coefficient (Wildman–Crippen LogP) is 1.12. The molecule has 0 aromatic carbocycles. The van der Waals surface area contributed by atoms with Crippen LogP contribution in [0.3, 0.4) is 0 Å². The van der Waals surface area contributed by atoms with Crippen molar-refractivity contribution in [3.8, 4) is 0 Å². The van der Waals surface area contributed by atoms with Gasteiger partial charge in [-0.2, -0.15) is 0 Å². The molecule has 0 spiro atoms. The third kappa shape index (κ3) is 4.87. The second-order valence-electron chi connectivity index (χ2n) is 7.98. The van der Waals surface area contributed by atoms with Crippen molar-refractivity contribution in [2.75, 3.05) is 26.2 Å². The van der Waals surface area contributed by atoms with Gasteiger partial charge in [-0.3, -0.25) is 14.5 Å². The maximum atomic E-state index is 12.7. The zero-order valence-corrected chi connectivity index (χ0v) is 15.9. The van der Waals surface area contributed by atoms with Crippen LogP contribution in [0.25, 0.3) is 0 Å². The van der Waals surface area contributed by atoms with E-state index < -0.39 is 0 Å². The molecule has 0 bridgehead atoms. The number of aromatic nitrogens is 4. The van der Waals surface area contributed by atoms with Gasteiger partial charge in [0.25, 0.3) is 0 Å². The minimum atomic E-state index is -0.0203. The molecule has 1 aromatic heterocycles. The molecule has 0 unspecified atom stereocenters. The number of carbonyl (C=O) groups is 2. The number of Topliss-reactive ketones (excluding diaryl/α,β-unsaturated/α-hetero) is 1. The highest BCUT2D eigenvalue weighted by Gasteiger charge is 2.29. The molecule has 2 aliphatic heterocycles. The fourth-order valence-electron chi connectivity index (χ4n) is 3.86. The van der Waals surface area contributed by atoms with Crippen LogP contribution in [0.5, 0.6) is 0 Å². The number of piperidine rings is 1. The molecule has 8 nitrogen and oxygen atoms in total. The molecule has 3 heterocycles. The summed E-state index contributed by atoms with van der Waals surface area (Å²) in [6, 6.07) is 0. The molecule has 0 aliphatic carbocycles. The quantitative estimate of drug-likeness (QED) is 0.723. The van der Waals surface area contributed by atoms with Crippen molar-refractivity contribution in [1.29, 1.82) is 0 Å². The number of amides is 1. The van der Waals surface area contributed by atoms with Crippen LogP contribution in [0.2, 0.25) is 0 Å². The number of hydrogen-bond donors (Lipinski definition) is 0. The number of hydrogen-bond acceptors (Lipinski definition) is 6. The van der Waals surface area contributed by atoms with E-state index in [4.69, 9.17) is 0 Å². The SMILES string of the molecule is CC(C)CC(=O)[C@H]1CCCN(C(=O)Cn2nnnc2CN2CCCC2)C1. The lowest BCUT2D eigenvalue weighted by Gasteiger charge is -2.32. The third-order valence-electron chi connectivity index (χ3n) is 5.29. The van der Waals surface area contributed by atoms with E-state index in [-0.39, 0.29) is 24.2 Å². The largest absolute Gasteiger partial charge is 0.340 e. The first-order chi connectivity index (χ1) is 12.5. The average Bonchev–Trinajstić information content (AvgIpc) is 3.27. The van der Waals surface area contributed by atoms with Crippen LogP contribution >= 0.6 is 0 Å². The molecule has 144 valence electrons. The zero-order chi connectivity index (χ0) is 18.5. The van der Waals surface area contributed by atoms with Crippen LogP contribution in [0.15, 0.2) is 0 Å². The van der Waals surface area contributed by atoms with Crippen molar-refractivity contribution < 1.29 is 9.59 Å². The average molecular weight is 362 g/mol. The Balaban J connectivity index is 1.56. The Kier molecular flexibility index (Phi) is 6.34. The first-order valence-corrected chi connectivity index (χ1v) is 9.81. The molecule has 8 heteroatoms. The maximum Gasteiger partial charge on any atom is 0.244 e. The van der Waals surface area contributed by atoms with Crippen molar-refractivity contribution in [2.45, 2.75) is 59.0 Å². The van der Waals surface area contributed by atoms with Gasteiger partial charge in [0.15, 0.2) is 5.82 Å². The lowest BCUT2D eigenvalue weighted by molar-refractivity contribution is -0.136. The Hall–Kier alpha value is -1.83. The standard InChI is InChI=1S/C18H30N6O2/c1-14(2)10-16(25)15-6-5-9-23(11-15)18(26)13-24-17(19-20-21-24)12-22-7-3-4-8-22/h14-15H,3-13H2,1-2H3/t15-/m0/s1. The van der Waals surface area contributed by atoms with Crippen molar-refractivity contribution in [2.24, 2.45) is 11.8 Å². The normalized spacial score (nSPS) is 21.5. The number of tetrazole rings is 1. The topological polar surface area (TPSA) is 84.2 Å². The van der Waals surface area contributed by atoms with Gasteiger partial charge >= 0.3 is 0 Å². The van der Waals surface area contributed by atoms with Crippen LogP contribution in [0, 0.1) is 11.8 Å². The summed E-state index contributed by atoms with van der Waals surface area (Å²) in [5.41, 5.74) is 0. The molecule has 2 saturated heterocycles. The maximum absolute atomic E-state index is 12.7. The van der Waals surface area contributed by atoms with Crippen molar-refractivity contribution >= 4 is 11.7 Å². The third-order valence-corrected chi connectivity index (χ3v) is 5.29. The van der Waals surface area contributed by atoms with Crippen molar-refractivity contribution in [1.82, 2.24) is 30.0 Å². The highest BCUT2D eigenvalue weighted by molar-refractivity contribution is 5.83. The minimum absolute atomic E-state index is 0.00187. The summed E-state index contributed by atoms with van der Waals surface area (Å²) in [4.78, 5) is 29.2. The van der Waals surface area contributed by atoms with Crippen LogP contribution in [-0.4, -0.2) is 67.9 Å². The molecule has 3 rings (SSSR count). The van der Waals surface area contributed by atoms with Crippen LogP contribution < -0.4 is 0 Å². The number of ketones is 1. The first kappa shape index (κ1) is 18.9. The van der Waals surface area contributed by atoms with E-state index in [2.05, 4.69) is 34.3 Å². The lowest BCUT2D eigenvalue weighted by Crippen LogP contribution is -2.44. The van der Waals surface area contributed by atoms with Gasteiger partial charge in [0, 0.05) is 25.4 Å². The summed E-state index contributed by atoms with van der Waals surface area (Å²) in [5, 5.41) is 11.8. The summed E-state index contributed by atoms with van der Waals surface area (Å²) in [7, 11) is 0. The van der Waals surface area contributed by atoms with Gasteiger partial charge in [-0.05, 0) is 55.1 Å². The van der Waals surface area contributed by atoms with Gasteiger partial charge in [0.05, 0.1) is 6.54 Å². The summed E-state index contributed by atoms with van der Waals surface area (Å²) in [6.07, 6.45) is 4.79. The van der Waals surface area contributed by atoms with E-state index in [1.165, 1.54) is 12.8 Å². The minimum Gasteiger partial charge on any atom is -0.340 e. The molecule has 1 aromatic rings. The smallest absolute Gasteiger partial charge is 0.244 e. The number of rotatable bonds is 7.